The second kappa shape index (κ2) is 5.33. The second-order valence-corrected chi connectivity index (χ2v) is 5.45. The molecule has 1 fully saturated rings. The largest absolute Gasteiger partial charge is 0.299 e. The highest BCUT2D eigenvalue weighted by Crippen LogP contribution is 2.22. The number of rotatable bonds is 2. The van der Waals surface area contributed by atoms with Gasteiger partial charge in [-0.15, -0.1) is 0 Å². The third kappa shape index (κ3) is 3.31. The fourth-order valence-corrected chi connectivity index (χ4v) is 2.86. The van der Waals surface area contributed by atoms with E-state index < -0.39 is 0 Å². The molecule has 0 saturated carbocycles. The molecule has 17 heavy (non-hydrogen) atoms. The Morgan fingerprint density at radius 2 is 1.76 bits per heavy atom. The lowest BCUT2D eigenvalue weighted by Crippen LogP contribution is -2.38. The fourth-order valence-electron chi connectivity index (χ4n) is 2.86. The van der Waals surface area contributed by atoms with Crippen molar-refractivity contribution in [2.45, 2.75) is 26.8 Å². The van der Waals surface area contributed by atoms with E-state index in [4.69, 9.17) is 5.26 Å². The highest BCUT2D eigenvalue weighted by molar-refractivity contribution is 5.31. The lowest BCUT2D eigenvalue weighted by Gasteiger charge is -2.35. The van der Waals surface area contributed by atoms with Gasteiger partial charge in [-0.3, -0.25) is 4.90 Å². The van der Waals surface area contributed by atoms with E-state index in [0.717, 1.165) is 23.9 Å². The zero-order valence-corrected chi connectivity index (χ0v) is 10.7. The summed E-state index contributed by atoms with van der Waals surface area (Å²) in [6.07, 6.45) is 1.35. The van der Waals surface area contributed by atoms with Gasteiger partial charge in [0.05, 0.1) is 11.6 Å². The molecule has 1 saturated heterocycles. The molecule has 1 aliphatic rings. The van der Waals surface area contributed by atoms with Crippen molar-refractivity contribution in [2.24, 2.45) is 11.8 Å². The van der Waals surface area contributed by atoms with Crippen molar-refractivity contribution in [1.82, 2.24) is 4.90 Å². The van der Waals surface area contributed by atoms with Crippen LogP contribution in [0.1, 0.15) is 31.4 Å². The molecule has 0 radical (unpaired) electrons. The van der Waals surface area contributed by atoms with E-state index in [-0.39, 0.29) is 0 Å². The molecule has 0 aromatic heterocycles. The van der Waals surface area contributed by atoms with Gasteiger partial charge in [-0.25, -0.2) is 0 Å². The van der Waals surface area contributed by atoms with Gasteiger partial charge in [0.1, 0.15) is 0 Å². The van der Waals surface area contributed by atoms with Crippen molar-refractivity contribution in [3.8, 4) is 6.07 Å². The first kappa shape index (κ1) is 12.1. The quantitative estimate of drug-likeness (QED) is 0.778. The van der Waals surface area contributed by atoms with Crippen LogP contribution >= 0.6 is 0 Å². The minimum Gasteiger partial charge on any atom is -0.299 e. The lowest BCUT2D eigenvalue weighted by molar-refractivity contribution is 0.134. The summed E-state index contributed by atoms with van der Waals surface area (Å²) in [5, 5.41) is 8.76. The van der Waals surface area contributed by atoms with Gasteiger partial charge in [-0.2, -0.15) is 5.26 Å². The normalized spacial score (nSPS) is 25.5. The molecule has 2 atom stereocenters. The molecule has 0 spiro atoms. The Morgan fingerprint density at radius 3 is 2.29 bits per heavy atom. The van der Waals surface area contributed by atoms with E-state index in [1.54, 1.807) is 0 Å². The maximum absolute atomic E-state index is 8.76. The Morgan fingerprint density at radius 1 is 1.18 bits per heavy atom. The van der Waals surface area contributed by atoms with Gasteiger partial charge < -0.3 is 0 Å². The average molecular weight is 228 g/mol. The van der Waals surface area contributed by atoms with Crippen LogP contribution in [0.2, 0.25) is 0 Å². The Hall–Kier alpha value is -1.33. The van der Waals surface area contributed by atoms with Crippen LogP contribution < -0.4 is 0 Å². The first-order valence-corrected chi connectivity index (χ1v) is 6.38. The summed E-state index contributed by atoms with van der Waals surface area (Å²) in [5.41, 5.74) is 2.06. The zero-order chi connectivity index (χ0) is 12.3. The molecule has 0 bridgehead atoms. The van der Waals surface area contributed by atoms with Crippen LogP contribution in [-0.2, 0) is 6.54 Å². The molecule has 1 aliphatic heterocycles. The first-order valence-electron chi connectivity index (χ1n) is 6.38. The molecular weight excluding hydrogens is 208 g/mol. The highest BCUT2D eigenvalue weighted by Gasteiger charge is 2.21. The van der Waals surface area contributed by atoms with Crippen LogP contribution in [-0.4, -0.2) is 18.0 Å². The minimum absolute atomic E-state index is 0.745. The van der Waals surface area contributed by atoms with Crippen LogP contribution in [0.5, 0.6) is 0 Å². The van der Waals surface area contributed by atoms with Crippen LogP contribution in [0.25, 0.3) is 0 Å². The topological polar surface area (TPSA) is 27.0 Å². The summed E-state index contributed by atoms with van der Waals surface area (Å²) in [6.45, 7) is 8.08. The van der Waals surface area contributed by atoms with Gasteiger partial charge in [0.15, 0.2) is 0 Å². The van der Waals surface area contributed by atoms with Gasteiger partial charge in [0, 0.05) is 19.6 Å². The average Bonchev–Trinajstić information content (AvgIpc) is 2.28. The van der Waals surface area contributed by atoms with Crippen molar-refractivity contribution >= 4 is 0 Å². The molecule has 2 nitrogen and oxygen atoms in total. The molecular formula is C15H20N2. The van der Waals surface area contributed by atoms with Crippen molar-refractivity contribution in [3.63, 3.8) is 0 Å². The Balaban J connectivity index is 1.98. The van der Waals surface area contributed by atoms with Gasteiger partial charge >= 0.3 is 0 Å². The third-order valence-corrected chi connectivity index (χ3v) is 3.43. The van der Waals surface area contributed by atoms with Crippen LogP contribution in [0, 0.1) is 23.2 Å². The Kier molecular flexibility index (Phi) is 3.81. The van der Waals surface area contributed by atoms with Crippen molar-refractivity contribution in [3.05, 3.63) is 35.4 Å². The lowest BCUT2D eigenvalue weighted by atomic mass is 9.91. The Bertz CT molecular complexity index is 392. The van der Waals surface area contributed by atoms with Gasteiger partial charge in [-0.05, 0) is 36.0 Å². The summed E-state index contributed by atoms with van der Waals surface area (Å²) in [4.78, 5) is 2.53. The van der Waals surface area contributed by atoms with E-state index in [1.165, 1.54) is 25.1 Å². The van der Waals surface area contributed by atoms with E-state index in [9.17, 15) is 0 Å². The standard InChI is InChI=1S/C15H20N2/c1-12-7-13(2)10-17(9-12)11-15-5-3-14(8-16)4-6-15/h3-6,12-13H,7,9-11H2,1-2H3. The Labute approximate surface area is 104 Å². The smallest absolute Gasteiger partial charge is 0.0991 e. The molecule has 2 heteroatoms. The van der Waals surface area contributed by atoms with Gasteiger partial charge in [-0.1, -0.05) is 26.0 Å². The molecule has 2 unspecified atom stereocenters. The molecule has 90 valence electrons. The predicted molar refractivity (Wildman–Crippen MR) is 69.4 cm³/mol. The summed E-state index contributed by atoms with van der Waals surface area (Å²) in [6, 6.07) is 10.1. The minimum atomic E-state index is 0.745. The number of benzene rings is 1. The summed E-state index contributed by atoms with van der Waals surface area (Å²) >= 11 is 0. The van der Waals surface area contributed by atoms with Gasteiger partial charge in [0.25, 0.3) is 0 Å². The van der Waals surface area contributed by atoms with Crippen molar-refractivity contribution < 1.29 is 0 Å². The SMILES string of the molecule is CC1CC(C)CN(Cc2ccc(C#N)cc2)C1. The third-order valence-electron chi connectivity index (χ3n) is 3.43. The van der Waals surface area contributed by atoms with E-state index in [2.05, 4.69) is 36.9 Å². The van der Waals surface area contributed by atoms with Crippen molar-refractivity contribution in [1.29, 1.82) is 5.26 Å². The highest BCUT2D eigenvalue weighted by atomic mass is 15.1. The van der Waals surface area contributed by atoms with E-state index >= 15 is 0 Å². The van der Waals surface area contributed by atoms with Crippen molar-refractivity contribution in [2.75, 3.05) is 13.1 Å². The summed E-state index contributed by atoms with van der Waals surface area (Å²) in [7, 11) is 0. The number of likely N-dealkylation sites (tertiary alicyclic amines) is 1. The number of hydrogen-bond acceptors (Lipinski definition) is 2. The summed E-state index contributed by atoms with van der Waals surface area (Å²) < 4.78 is 0. The van der Waals surface area contributed by atoms with Crippen LogP contribution in [0.3, 0.4) is 0 Å². The monoisotopic (exact) mass is 228 g/mol. The maximum atomic E-state index is 8.76. The molecule has 0 amide bonds. The van der Waals surface area contributed by atoms with E-state index in [0.29, 0.717) is 0 Å². The molecule has 1 heterocycles. The van der Waals surface area contributed by atoms with E-state index in [1.807, 2.05) is 12.1 Å². The first-order chi connectivity index (χ1) is 8.17. The molecule has 2 rings (SSSR count). The molecule has 1 aromatic carbocycles. The van der Waals surface area contributed by atoms with Gasteiger partial charge in [0.2, 0.25) is 0 Å². The number of piperidine rings is 1. The zero-order valence-electron chi connectivity index (χ0n) is 10.7. The predicted octanol–water partition coefficient (Wildman–Crippen LogP) is 3.04. The second-order valence-electron chi connectivity index (χ2n) is 5.45. The fraction of sp³-hybridized carbons (Fsp3) is 0.533. The number of nitrogens with zero attached hydrogens (tertiary/aromatic N) is 2. The summed E-state index contributed by atoms with van der Waals surface area (Å²) in [5.74, 6) is 1.61. The molecule has 1 aromatic rings. The maximum Gasteiger partial charge on any atom is 0.0991 e. The molecule has 0 N–H and O–H groups in total. The number of hydrogen-bond donors (Lipinski definition) is 0. The molecule has 0 aliphatic carbocycles. The van der Waals surface area contributed by atoms with Crippen LogP contribution in [0.4, 0.5) is 0 Å². The van der Waals surface area contributed by atoms with Crippen LogP contribution in [0.15, 0.2) is 24.3 Å². The number of nitriles is 1.